The van der Waals surface area contributed by atoms with Crippen molar-refractivity contribution in [1.82, 2.24) is 0 Å². The largest absolute Gasteiger partial charge is 0.525 e. The number of para-hydroxylation sites is 3. The van der Waals surface area contributed by atoms with Crippen LogP contribution in [-0.4, -0.2) is 32.5 Å². The third-order valence-corrected chi connectivity index (χ3v) is 9.93. The van der Waals surface area contributed by atoms with Crippen molar-refractivity contribution in [2.75, 3.05) is 7.11 Å². The van der Waals surface area contributed by atoms with Crippen LogP contribution in [0.3, 0.4) is 0 Å². The van der Waals surface area contributed by atoms with Crippen molar-refractivity contribution in [3.05, 3.63) is 120 Å². The molecule has 0 fully saturated rings. The van der Waals surface area contributed by atoms with Gasteiger partial charge in [-0.05, 0) is 60.7 Å². The van der Waals surface area contributed by atoms with Crippen LogP contribution < -0.4 is 13.6 Å². The summed E-state index contributed by atoms with van der Waals surface area (Å²) in [5.41, 5.74) is 0. The fraction of sp³-hybridized carbons (Fsp3) is 0.107. The molecule has 0 bridgehead atoms. The number of hydrogen-bond acceptors (Lipinski definition) is 8. The van der Waals surface area contributed by atoms with E-state index in [0.29, 0.717) is 7.11 Å². The minimum atomic E-state index is -5.91. The summed E-state index contributed by atoms with van der Waals surface area (Å²) in [5.74, 6) is -2.54. The minimum absolute atomic E-state index is 0.0376. The lowest BCUT2D eigenvalue weighted by molar-refractivity contribution is -0.185. The van der Waals surface area contributed by atoms with E-state index in [4.69, 9.17) is 25.2 Å². The molecule has 0 amide bonds. The molecular formula is C28H22ClF3NO7PS. The second-order valence-electron chi connectivity index (χ2n) is 8.37. The van der Waals surface area contributed by atoms with E-state index in [-0.39, 0.29) is 22.3 Å². The summed E-state index contributed by atoms with van der Waals surface area (Å²) in [4.78, 5) is 7.68. The summed E-state index contributed by atoms with van der Waals surface area (Å²) < 4.78 is 99.6. The van der Waals surface area contributed by atoms with Crippen LogP contribution >= 0.6 is 19.3 Å². The van der Waals surface area contributed by atoms with Crippen LogP contribution in [-0.2, 0) is 19.4 Å². The number of carbonyl (C=O) groups excluding carboxylic acids is 1. The van der Waals surface area contributed by atoms with Crippen molar-refractivity contribution in [2.24, 2.45) is 4.74 Å². The highest BCUT2D eigenvalue weighted by Gasteiger charge is 2.73. The molecule has 0 spiro atoms. The molecule has 220 valence electrons. The molecule has 0 N–H and O–H groups in total. The Labute approximate surface area is 244 Å². The van der Waals surface area contributed by atoms with E-state index < -0.39 is 39.5 Å². The summed E-state index contributed by atoms with van der Waals surface area (Å²) in [6.45, 7) is 0. The third kappa shape index (κ3) is 6.41. The van der Waals surface area contributed by atoms with Crippen LogP contribution in [0.25, 0.3) is 0 Å². The molecule has 4 aromatic carbocycles. The Bertz CT molecular complexity index is 1570. The molecule has 42 heavy (non-hydrogen) atoms. The Morgan fingerprint density at radius 1 is 0.714 bits per heavy atom. The van der Waals surface area contributed by atoms with Crippen molar-refractivity contribution in [1.29, 1.82) is 0 Å². The average molecular weight is 640 g/mol. The van der Waals surface area contributed by atoms with Gasteiger partial charge in [-0.15, -0.1) is 0 Å². The first-order valence-corrected chi connectivity index (χ1v) is 15.3. The van der Waals surface area contributed by atoms with Crippen molar-refractivity contribution < 1.29 is 44.7 Å². The van der Waals surface area contributed by atoms with Crippen molar-refractivity contribution in [2.45, 2.75) is 15.9 Å². The fourth-order valence-corrected chi connectivity index (χ4v) is 7.82. The monoisotopic (exact) mass is 639 g/mol. The standard InChI is InChI=1S/C28H22ClF3NO7PS/c1-37-26(34)27(28(30,31)32,42(35,36)25-19-17-21(29)18-20-25)33-41(38-22-11-5-2-6-12-22,39-23-13-7-3-8-14-23)40-24-15-9-4-10-16-24/h2-20H,1H3. The van der Waals surface area contributed by atoms with Gasteiger partial charge in [0.05, 0.1) is 12.0 Å². The molecule has 4 aromatic rings. The van der Waals surface area contributed by atoms with Gasteiger partial charge in [0.15, 0.2) is 0 Å². The van der Waals surface area contributed by atoms with Gasteiger partial charge in [0.1, 0.15) is 17.2 Å². The van der Waals surface area contributed by atoms with Crippen LogP contribution in [0, 0.1) is 0 Å². The molecule has 0 aliphatic rings. The van der Waals surface area contributed by atoms with Crippen LogP contribution in [0.1, 0.15) is 0 Å². The number of hydrogen-bond donors (Lipinski definition) is 0. The van der Waals surface area contributed by atoms with Crippen LogP contribution in [0.2, 0.25) is 5.02 Å². The van der Waals surface area contributed by atoms with Gasteiger partial charge in [-0.25, -0.2) is 13.2 Å². The van der Waals surface area contributed by atoms with Crippen LogP contribution in [0.15, 0.2) is 125 Å². The van der Waals surface area contributed by atoms with Crippen LogP contribution in [0.4, 0.5) is 13.2 Å². The smallest absolute Gasteiger partial charge is 0.466 e. The number of methoxy groups -OCH3 is 1. The van der Waals surface area contributed by atoms with E-state index in [2.05, 4.69) is 9.48 Å². The van der Waals surface area contributed by atoms with E-state index in [1.807, 2.05) is 0 Å². The van der Waals surface area contributed by atoms with Crippen LogP contribution in [0.5, 0.6) is 17.2 Å². The zero-order valence-corrected chi connectivity index (χ0v) is 24.1. The average Bonchev–Trinajstić information content (AvgIpc) is 2.96. The summed E-state index contributed by atoms with van der Waals surface area (Å²) in [6, 6.07) is 25.8. The quantitative estimate of drug-likeness (QED) is 0.129. The zero-order valence-electron chi connectivity index (χ0n) is 21.6. The molecule has 8 nitrogen and oxygen atoms in total. The summed E-state index contributed by atoms with van der Waals surface area (Å²) in [5, 5.41) is 0.0376. The number of benzene rings is 4. The highest BCUT2D eigenvalue weighted by molar-refractivity contribution is 7.93. The summed E-state index contributed by atoms with van der Waals surface area (Å²) >= 11 is 5.85. The number of alkyl halides is 3. The molecule has 0 aliphatic carbocycles. The number of carbonyl (C=O) groups is 1. The molecular weight excluding hydrogens is 618 g/mol. The Morgan fingerprint density at radius 3 is 1.43 bits per heavy atom. The van der Waals surface area contributed by atoms with Gasteiger partial charge in [-0.2, -0.15) is 17.9 Å². The molecule has 0 heterocycles. The Hall–Kier alpha value is -3.99. The van der Waals surface area contributed by atoms with Gasteiger partial charge in [0.25, 0.3) is 0 Å². The van der Waals surface area contributed by atoms with Gasteiger partial charge >= 0.3 is 24.8 Å². The molecule has 0 radical (unpaired) electrons. The number of sulfone groups is 1. The molecule has 0 saturated carbocycles. The molecule has 14 heteroatoms. The lowest BCUT2D eigenvalue weighted by Crippen LogP contribution is -2.57. The van der Waals surface area contributed by atoms with E-state index in [0.717, 1.165) is 24.3 Å². The lowest BCUT2D eigenvalue weighted by Gasteiger charge is -2.32. The first-order chi connectivity index (χ1) is 19.9. The van der Waals surface area contributed by atoms with E-state index in [9.17, 15) is 13.2 Å². The summed E-state index contributed by atoms with van der Waals surface area (Å²) in [6.07, 6.45) is -5.91. The van der Waals surface area contributed by atoms with Crippen molar-refractivity contribution in [3.63, 3.8) is 0 Å². The fourth-order valence-electron chi connectivity index (χ4n) is 3.58. The number of rotatable bonds is 10. The van der Waals surface area contributed by atoms with Crippen molar-refractivity contribution in [3.8, 4) is 17.2 Å². The number of nitrogens with zero attached hydrogens (tertiary/aromatic N) is 1. The van der Waals surface area contributed by atoms with Gasteiger partial charge in [0, 0.05) is 5.02 Å². The van der Waals surface area contributed by atoms with Gasteiger partial charge < -0.3 is 18.3 Å². The zero-order chi connectivity index (χ0) is 30.4. The van der Waals surface area contributed by atoms with E-state index in [1.165, 1.54) is 72.8 Å². The molecule has 0 aromatic heterocycles. The highest BCUT2D eigenvalue weighted by Crippen LogP contribution is 2.58. The SMILES string of the molecule is COC(=O)C(N=P(Oc1ccccc1)(Oc1ccccc1)Oc1ccccc1)(C(F)(F)F)S(=O)(=O)c1ccc(Cl)cc1. The topological polar surface area (TPSA) is 100 Å². The van der Waals surface area contributed by atoms with E-state index in [1.54, 1.807) is 18.2 Å². The number of esters is 1. The van der Waals surface area contributed by atoms with Gasteiger partial charge in [-0.1, -0.05) is 66.2 Å². The molecule has 1 unspecified atom stereocenters. The molecule has 1 atom stereocenters. The van der Waals surface area contributed by atoms with E-state index >= 15 is 13.2 Å². The normalized spacial score (nSPS) is 13.4. The summed E-state index contributed by atoms with van der Waals surface area (Å²) in [7, 11) is -10.2. The molecule has 0 saturated heterocycles. The maximum absolute atomic E-state index is 15.3. The Balaban J connectivity index is 2.15. The lowest BCUT2D eigenvalue weighted by atomic mass is 10.3. The predicted molar refractivity (Wildman–Crippen MR) is 150 cm³/mol. The van der Waals surface area contributed by atoms with Gasteiger partial charge in [0.2, 0.25) is 9.84 Å². The Kier molecular flexibility index (Phi) is 9.20. The second-order valence-corrected chi connectivity index (χ2v) is 12.6. The third-order valence-electron chi connectivity index (χ3n) is 5.51. The maximum atomic E-state index is 15.3. The first-order valence-electron chi connectivity index (χ1n) is 12.0. The maximum Gasteiger partial charge on any atom is 0.525 e. The number of halogens is 4. The predicted octanol–water partition coefficient (Wildman–Crippen LogP) is 7.73. The first kappa shape index (κ1) is 31.0. The van der Waals surface area contributed by atoms with Crippen molar-refractivity contribution >= 4 is 35.1 Å². The Morgan fingerprint density at radius 2 is 1.10 bits per heavy atom. The number of ether oxygens (including phenoxy) is 1. The molecule has 0 aliphatic heterocycles. The minimum Gasteiger partial charge on any atom is -0.466 e. The highest BCUT2D eigenvalue weighted by atomic mass is 35.5. The van der Waals surface area contributed by atoms with Gasteiger partial charge in [-0.3, -0.25) is 0 Å². The second kappa shape index (κ2) is 12.5. The molecule has 4 rings (SSSR count).